The van der Waals surface area contributed by atoms with Gasteiger partial charge in [0.1, 0.15) is 0 Å². The summed E-state index contributed by atoms with van der Waals surface area (Å²) in [7, 11) is 0. The van der Waals surface area contributed by atoms with E-state index in [9.17, 15) is 9.59 Å². The minimum atomic E-state index is -0.989. The molecule has 0 radical (unpaired) electrons. The Balaban J connectivity index is 1.96. The zero-order valence-corrected chi connectivity index (χ0v) is 16.7. The fourth-order valence-corrected chi connectivity index (χ4v) is 3.10. The van der Waals surface area contributed by atoms with Crippen molar-refractivity contribution in [1.82, 2.24) is 0 Å². The Labute approximate surface area is 166 Å². The summed E-state index contributed by atoms with van der Waals surface area (Å²) in [5, 5.41) is 0. The summed E-state index contributed by atoms with van der Waals surface area (Å²) in [6.07, 6.45) is -0.989. The highest BCUT2D eigenvalue weighted by atomic mass is 16.5. The van der Waals surface area contributed by atoms with E-state index >= 15 is 0 Å². The molecular weight excluding hydrogens is 348 g/mol. The zero-order chi connectivity index (χ0) is 20.3. The molecule has 3 nitrogen and oxygen atoms in total. The van der Waals surface area contributed by atoms with Crippen molar-refractivity contribution in [2.24, 2.45) is 0 Å². The van der Waals surface area contributed by atoms with Gasteiger partial charge in [-0.25, -0.2) is 4.79 Å². The van der Waals surface area contributed by atoms with Gasteiger partial charge in [0.15, 0.2) is 6.10 Å². The van der Waals surface area contributed by atoms with Crippen LogP contribution in [0.25, 0.3) is 0 Å². The second-order valence-electron chi connectivity index (χ2n) is 7.24. The molecule has 3 aromatic rings. The molecule has 0 spiro atoms. The molecule has 3 rings (SSSR count). The van der Waals surface area contributed by atoms with E-state index in [1.807, 2.05) is 76.2 Å². The normalized spacial score (nSPS) is 11.7. The van der Waals surface area contributed by atoms with Crippen molar-refractivity contribution in [3.63, 3.8) is 0 Å². The molecule has 3 aromatic carbocycles. The molecule has 1 atom stereocenters. The van der Waals surface area contributed by atoms with Crippen LogP contribution in [0.2, 0.25) is 0 Å². The Hall–Kier alpha value is -3.20. The number of carbonyl (C=O) groups excluding carboxylic acids is 2. The molecule has 0 saturated carbocycles. The minimum Gasteiger partial charge on any atom is -0.445 e. The van der Waals surface area contributed by atoms with Crippen LogP contribution in [0.1, 0.15) is 54.6 Å². The van der Waals surface area contributed by atoms with Gasteiger partial charge in [0.05, 0.1) is 5.56 Å². The van der Waals surface area contributed by atoms with Crippen LogP contribution in [0.15, 0.2) is 66.7 Å². The van der Waals surface area contributed by atoms with E-state index in [2.05, 4.69) is 0 Å². The Bertz CT molecular complexity index is 999. The molecule has 0 bridgehead atoms. The van der Waals surface area contributed by atoms with E-state index in [1.54, 1.807) is 18.2 Å². The SMILES string of the molecule is Cc1ccc(C(=O)[C@H](OC(=O)c2ccc(C)cc2C)c2ccc(C)cc2)cc1. The lowest BCUT2D eigenvalue weighted by Gasteiger charge is -2.18. The van der Waals surface area contributed by atoms with Gasteiger partial charge in [0.25, 0.3) is 0 Å². The van der Waals surface area contributed by atoms with Gasteiger partial charge in [-0.2, -0.15) is 0 Å². The smallest absolute Gasteiger partial charge is 0.339 e. The van der Waals surface area contributed by atoms with Gasteiger partial charge in [-0.05, 0) is 39.3 Å². The van der Waals surface area contributed by atoms with Crippen molar-refractivity contribution in [3.8, 4) is 0 Å². The molecule has 3 heteroatoms. The van der Waals surface area contributed by atoms with Crippen LogP contribution in [0.3, 0.4) is 0 Å². The molecule has 0 aromatic heterocycles. The first-order chi connectivity index (χ1) is 13.3. The van der Waals surface area contributed by atoms with Crippen molar-refractivity contribution in [2.45, 2.75) is 33.8 Å². The number of rotatable bonds is 5. The van der Waals surface area contributed by atoms with Gasteiger partial charge in [0, 0.05) is 11.1 Å². The van der Waals surface area contributed by atoms with Gasteiger partial charge in [-0.1, -0.05) is 77.4 Å². The summed E-state index contributed by atoms with van der Waals surface area (Å²) in [5.41, 5.74) is 5.69. The number of ether oxygens (including phenoxy) is 1. The van der Waals surface area contributed by atoms with Crippen LogP contribution >= 0.6 is 0 Å². The summed E-state index contributed by atoms with van der Waals surface area (Å²) in [5.74, 6) is -0.731. The summed E-state index contributed by atoms with van der Waals surface area (Å²) in [4.78, 5) is 26.0. The third kappa shape index (κ3) is 4.37. The van der Waals surface area contributed by atoms with Gasteiger partial charge >= 0.3 is 5.97 Å². The fraction of sp³-hybridized carbons (Fsp3) is 0.200. The summed E-state index contributed by atoms with van der Waals surface area (Å²) in [6, 6.07) is 20.3. The van der Waals surface area contributed by atoms with Crippen molar-refractivity contribution >= 4 is 11.8 Å². The molecule has 0 amide bonds. The van der Waals surface area contributed by atoms with Gasteiger partial charge in [-0.3, -0.25) is 4.79 Å². The lowest BCUT2D eigenvalue weighted by atomic mass is 9.98. The van der Waals surface area contributed by atoms with Crippen LogP contribution in [0.5, 0.6) is 0 Å². The molecule has 0 saturated heterocycles. The van der Waals surface area contributed by atoms with Crippen molar-refractivity contribution < 1.29 is 14.3 Å². The van der Waals surface area contributed by atoms with Crippen molar-refractivity contribution in [2.75, 3.05) is 0 Å². The lowest BCUT2D eigenvalue weighted by Crippen LogP contribution is -2.21. The third-order valence-corrected chi connectivity index (χ3v) is 4.78. The number of esters is 1. The highest BCUT2D eigenvalue weighted by molar-refractivity contribution is 6.02. The summed E-state index contributed by atoms with van der Waals surface area (Å²) in [6.45, 7) is 7.78. The van der Waals surface area contributed by atoms with Crippen LogP contribution in [-0.4, -0.2) is 11.8 Å². The Morgan fingerprint density at radius 3 is 1.82 bits per heavy atom. The van der Waals surface area contributed by atoms with Crippen LogP contribution in [0, 0.1) is 27.7 Å². The molecule has 0 aliphatic rings. The molecule has 0 fully saturated rings. The molecule has 142 valence electrons. The number of ketones is 1. The quantitative estimate of drug-likeness (QED) is 0.426. The average molecular weight is 372 g/mol. The molecular formula is C25H24O3. The minimum absolute atomic E-state index is 0.234. The maximum atomic E-state index is 13.2. The highest BCUT2D eigenvalue weighted by Crippen LogP contribution is 2.25. The van der Waals surface area contributed by atoms with E-state index < -0.39 is 12.1 Å². The largest absolute Gasteiger partial charge is 0.445 e. The molecule has 0 unspecified atom stereocenters. The van der Waals surface area contributed by atoms with Gasteiger partial charge in [0.2, 0.25) is 5.78 Å². The van der Waals surface area contributed by atoms with Crippen LogP contribution < -0.4 is 0 Å². The van der Waals surface area contributed by atoms with E-state index in [0.29, 0.717) is 16.7 Å². The van der Waals surface area contributed by atoms with Gasteiger partial charge < -0.3 is 4.74 Å². The first-order valence-corrected chi connectivity index (χ1v) is 9.31. The number of Topliss-reactive ketones (excluding diaryl/α,β-unsaturated/α-hetero) is 1. The second kappa shape index (κ2) is 8.22. The summed E-state index contributed by atoms with van der Waals surface area (Å²) < 4.78 is 5.74. The molecule has 28 heavy (non-hydrogen) atoms. The molecule has 0 N–H and O–H groups in total. The average Bonchev–Trinajstić information content (AvgIpc) is 2.67. The Morgan fingerprint density at radius 1 is 0.714 bits per heavy atom. The maximum Gasteiger partial charge on any atom is 0.339 e. The Kier molecular flexibility index (Phi) is 5.74. The predicted molar refractivity (Wildman–Crippen MR) is 111 cm³/mol. The number of carbonyl (C=O) groups is 2. The second-order valence-corrected chi connectivity index (χ2v) is 7.24. The van der Waals surface area contributed by atoms with Crippen molar-refractivity contribution in [3.05, 3.63) is 106 Å². The number of aryl methyl sites for hydroxylation is 4. The maximum absolute atomic E-state index is 13.2. The van der Waals surface area contributed by atoms with Gasteiger partial charge in [-0.15, -0.1) is 0 Å². The first kappa shape index (κ1) is 19.6. The third-order valence-electron chi connectivity index (χ3n) is 4.78. The zero-order valence-electron chi connectivity index (χ0n) is 16.7. The van der Waals surface area contributed by atoms with E-state index in [1.165, 1.54) is 0 Å². The predicted octanol–water partition coefficient (Wildman–Crippen LogP) is 5.70. The number of hydrogen-bond donors (Lipinski definition) is 0. The van der Waals surface area contributed by atoms with E-state index in [-0.39, 0.29) is 5.78 Å². The standard InChI is InChI=1S/C25H24O3/c1-16-5-10-20(11-6-16)23(26)24(21-12-7-17(2)8-13-21)28-25(27)22-14-9-18(3)15-19(22)4/h5-15,24H,1-4H3/t24-/m1/s1. The van der Waals surface area contributed by atoms with Crippen LogP contribution in [-0.2, 0) is 4.74 Å². The lowest BCUT2D eigenvalue weighted by molar-refractivity contribution is 0.0279. The first-order valence-electron chi connectivity index (χ1n) is 9.31. The number of hydrogen-bond acceptors (Lipinski definition) is 3. The highest BCUT2D eigenvalue weighted by Gasteiger charge is 2.27. The van der Waals surface area contributed by atoms with E-state index in [4.69, 9.17) is 4.74 Å². The van der Waals surface area contributed by atoms with Crippen LogP contribution in [0.4, 0.5) is 0 Å². The van der Waals surface area contributed by atoms with Crippen molar-refractivity contribution in [1.29, 1.82) is 0 Å². The molecule has 0 aliphatic heterocycles. The number of benzene rings is 3. The Morgan fingerprint density at radius 2 is 1.25 bits per heavy atom. The topological polar surface area (TPSA) is 43.4 Å². The molecule has 0 aliphatic carbocycles. The summed E-state index contributed by atoms with van der Waals surface area (Å²) >= 11 is 0. The monoisotopic (exact) mass is 372 g/mol. The van der Waals surface area contributed by atoms with E-state index in [0.717, 1.165) is 22.3 Å². The fourth-order valence-electron chi connectivity index (χ4n) is 3.10. The molecule has 0 heterocycles.